The number of aromatic nitrogens is 2. The van der Waals surface area contributed by atoms with E-state index in [-0.39, 0.29) is 11.1 Å². The van der Waals surface area contributed by atoms with E-state index in [1.807, 2.05) is 12.1 Å². The van der Waals surface area contributed by atoms with Gasteiger partial charge in [-0.25, -0.2) is 0 Å². The Hall–Kier alpha value is -2.79. The van der Waals surface area contributed by atoms with Gasteiger partial charge in [0.05, 0.1) is 11.8 Å². The van der Waals surface area contributed by atoms with Crippen LogP contribution in [0.4, 0.5) is 0 Å². The van der Waals surface area contributed by atoms with Crippen LogP contribution >= 0.6 is 0 Å². The largest absolute Gasteiger partial charge is 0.436 e. The Kier molecular flexibility index (Phi) is 2.76. The standard InChI is InChI=1S/C12H7N4O/c1-16-6-5-12(15-16)17-11-4-2-3-9(7-13)10(11)8-14/h2-5H,1H3. The second kappa shape index (κ2) is 4.38. The lowest BCUT2D eigenvalue weighted by atomic mass is 10.1. The van der Waals surface area contributed by atoms with Gasteiger partial charge in [-0.3, -0.25) is 4.68 Å². The Balaban J connectivity index is 2.40. The summed E-state index contributed by atoms with van der Waals surface area (Å²) in [7, 11) is 1.71. The van der Waals surface area contributed by atoms with Crippen LogP contribution in [0.2, 0.25) is 0 Å². The SMILES string of the molecule is Cn1[c]cc(Oc2cccc(C#N)c2C#N)n1. The van der Waals surface area contributed by atoms with Gasteiger partial charge in [-0.1, -0.05) is 6.07 Å². The molecule has 0 aliphatic rings. The second-order valence-corrected chi connectivity index (χ2v) is 3.24. The van der Waals surface area contributed by atoms with Crippen LogP contribution in [0.3, 0.4) is 0 Å². The highest BCUT2D eigenvalue weighted by molar-refractivity contribution is 5.54. The maximum absolute atomic E-state index is 9.00. The van der Waals surface area contributed by atoms with Crippen molar-refractivity contribution >= 4 is 0 Å². The van der Waals surface area contributed by atoms with Crippen LogP contribution in [0.15, 0.2) is 24.3 Å². The second-order valence-electron chi connectivity index (χ2n) is 3.24. The molecule has 0 aliphatic heterocycles. The van der Waals surface area contributed by atoms with Crippen molar-refractivity contribution in [2.24, 2.45) is 7.05 Å². The van der Waals surface area contributed by atoms with Gasteiger partial charge in [0, 0.05) is 13.1 Å². The number of ether oxygens (including phenoxy) is 1. The van der Waals surface area contributed by atoms with Crippen molar-refractivity contribution in [1.29, 1.82) is 10.5 Å². The molecule has 0 fully saturated rings. The van der Waals surface area contributed by atoms with E-state index in [0.29, 0.717) is 11.6 Å². The molecule has 0 unspecified atom stereocenters. The molecule has 0 saturated heterocycles. The highest BCUT2D eigenvalue weighted by atomic mass is 16.5. The average Bonchev–Trinajstić information content (AvgIpc) is 2.74. The van der Waals surface area contributed by atoms with Gasteiger partial charge in [0.1, 0.15) is 23.5 Å². The predicted octanol–water partition coefficient (Wildman–Crippen LogP) is 1.76. The third-order valence-corrected chi connectivity index (χ3v) is 2.10. The molecule has 0 spiro atoms. The third-order valence-electron chi connectivity index (χ3n) is 2.10. The number of nitriles is 2. The Morgan fingerprint density at radius 3 is 2.76 bits per heavy atom. The zero-order chi connectivity index (χ0) is 12.3. The van der Waals surface area contributed by atoms with Crippen molar-refractivity contribution in [3.63, 3.8) is 0 Å². The van der Waals surface area contributed by atoms with Crippen molar-refractivity contribution < 1.29 is 4.74 Å². The fraction of sp³-hybridized carbons (Fsp3) is 0.0833. The smallest absolute Gasteiger partial charge is 0.238 e. The lowest BCUT2D eigenvalue weighted by Gasteiger charge is -2.04. The summed E-state index contributed by atoms with van der Waals surface area (Å²) in [6, 6.07) is 10.3. The summed E-state index contributed by atoms with van der Waals surface area (Å²) in [5.41, 5.74) is 0.491. The van der Waals surface area contributed by atoms with Gasteiger partial charge in [0.25, 0.3) is 0 Å². The summed E-state index contributed by atoms with van der Waals surface area (Å²) in [4.78, 5) is 0. The van der Waals surface area contributed by atoms with E-state index in [9.17, 15) is 0 Å². The van der Waals surface area contributed by atoms with E-state index < -0.39 is 0 Å². The van der Waals surface area contributed by atoms with Crippen LogP contribution in [0.1, 0.15) is 11.1 Å². The molecule has 2 rings (SSSR count). The molecule has 0 atom stereocenters. The predicted molar refractivity (Wildman–Crippen MR) is 58.0 cm³/mol. The summed E-state index contributed by atoms with van der Waals surface area (Å²) in [5, 5.41) is 21.8. The monoisotopic (exact) mass is 223 g/mol. The van der Waals surface area contributed by atoms with Crippen LogP contribution in [-0.2, 0) is 7.05 Å². The van der Waals surface area contributed by atoms with Crippen LogP contribution in [0, 0.1) is 28.9 Å². The van der Waals surface area contributed by atoms with Crippen molar-refractivity contribution in [1.82, 2.24) is 9.78 Å². The van der Waals surface area contributed by atoms with Crippen LogP contribution < -0.4 is 4.74 Å². The van der Waals surface area contributed by atoms with Gasteiger partial charge in [0.2, 0.25) is 5.88 Å². The van der Waals surface area contributed by atoms with E-state index in [1.54, 1.807) is 31.3 Å². The quantitative estimate of drug-likeness (QED) is 0.777. The molecule has 1 radical (unpaired) electrons. The van der Waals surface area contributed by atoms with E-state index in [2.05, 4.69) is 11.3 Å². The first-order chi connectivity index (χ1) is 8.24. The molecular weight excluding hydrogens is 216 g/mol. The zero-order valence-electron chi connectivity index (χ0n) is 9.01. The van der Waals surface area contributed by atoms with Crippen LogP contribution in [0.25, 0.3) is 0 Å². The number of aryl methyl sites for hydroxylation is 1. The minimum Gasteiger partial charge on any atom is -0.436 e. The summed E-state index contributed by atoms with van der Waals surface area (Å²) < 4.78 is 6.89. The Labute approximate surface area is 98.1 Å². The van der Waals surface area contributed by atoms with E-state index >= 15 is 0 Å². The lowest BCUT2D eigenvalue weighted by molar-refractivity contribution is 0.452. The van der Waals surface area contributed by atoms with E-state index in [0.717, 1.165) is 0 Å². The maximum atomic E-state index is 9.00. The molecule has 5 nitrogen and oxygen atoms in total. The first kappa shape index (κ1) is 10.7. The van der Waals surface area contributed by atoms with Gasteiger partial charge in [-0.2, -0.15) is 10.5 Å². The highest BCUT2D eigenvalue weighted by Crippen LogP contribution is 2.25. The summed E-state index contributed by atoms with van der Waals surface area (Å²) in [6.45, 7) is 0. The minimum absolute atomic E-state index is 0.209. The molecule has 1 heterocycles. The molecule has 0 aliphatic carbocycles. The summed E-state index contributed by atoms with van der Waals surface area (Å²) in [6.07, 6.45) is 2.79. The van der Waals surface area contributed by atoms with Crippen molar-refractivity contribution in [3.05, 3.63) is 41.6 Å². The minimum atomic E-state index is 0.209. The molecule has 1 aromatic carbocycles. The first-order valence-corrected chi connectivity index (χ1v) is 4.77. The maximum Gasteiger partial charge on any atom is 0.238 e. The third kappa shape index (κ3) is 2.09. The molecular formula is C12H7N4O. The normalized spacial score (nSPS) is 9.35. The van der Waals surface area contributed by atoms with E-state index in [1.165, 1.54) is 4.68 Å². The number of rotatable bonds is 2. The number of hydrogen-bond donors (Lipinski definition) is 0. The van der Waals surface area contributed by atoms with Crippen LogP contribution in [-0.4, -0.2) is 9.78 Å². The molecule has 81 valence electrons. The van der Waals surface area contributed by atoms with Crippen molar-refractivity contribution in [3.8, 4) is 23.8 Å². The van der Waals surface area contributed by atoms with Gasteiger partial charge in [-0.15, -0.1) is 5.10 Å². The Morgan fingerprint density at radius 2 is 2.18 bits per heavy atom. The summed E-state index contributed by atoms with van der Waals surface area (Å²) >= 11 is 0. The number of hydrogen-bond acceptors (Lipinski definition) is 4. The van der Waals surface area contributed by atoms with Crippen molar-refractivity contribution in [2.45, 2.75) is 0 Å². The highest BCUT2D eigenvalue weighted by Gasteiger charge is 2.10. The van der Waals surface area contributed by atoms with Gasteiger partial charge in [-0.05, 0) is 12.1 Å². The molecule has 0 N–H and O–H groups in total. The number of benzene rings is 1. The Bertz CT molecular complexity index is 631. The van der Waals surface area contributed by atoms with Crippen molar-refractivity contribution in [2.75, 3.05) is 0 Å². The fourth-order valence-corrected chi connectivity index (χ4v) is 1.34. The lowest BCUT2D eigenvalue weighted by Crippen LogP contribution is -1.93. The summed E-state index contributed by atoms with van der Waals surface area (Å²) in [5.74, 6) is 0.651. The first-order valence-electron chi connectivity index (χ1n) is 4.77. The molecule has 5 heteroatoms. The average molecular weight is 223 g/mol. The molecule has 0 saturated carbocycles. The van der Waals surface area contributed by atoms with E-state index in [4.69, 9.17) is 15.3 Å². The number of nitrogens with zero attached hydrogens (tertiary/aromatic N) is 4. The van der Waals surface area contributed by atoms with Gasteiger partial charge >= 0.3 is 0 Å². The van der Waals surface area contributed by atoms with Crippen LogP contribution in [0.5, 0.6) is 11.6 Å². The molecule has 2 aromatic rings. The van der Waals surface area contributed by atoms with Gasteiger partial charge < -0.3 is 4.74 Å². The molecule has 1 aromatic heterocycles. The molecule has 0 bridgehead atoms. The molecule has 17 heavy (non-hydrogen) atoms. The van der Waals surface area contributed by atoms with Gasteiger partial charge in [0.15, 0.2) is 0 Å². The zero-order valence-corrected chi connectivity index (χ0v) is 9.01. The topological polar surface area (TPSA) is 74.6 Å². The Morgan fingerprint density at radius 1 is 1.35 bits per heavy atom. The molecule has 0 amide bonds. The fourth-order valence-electron chi connectivity index (χ4n) is 1.34.